The molecule has 2 aromatic carbocycles. The third-order valence-corrected chi connectivity index (χ3v) is 8.43. The standard InChI is InChI=1S/C28H34N2O6S/c1-18-7-9-22(10-8-18)37(33,34)30-24-17-23(19(2)15-21(24)16-25(30)26(31)35-6)20-11-13-29(14-12-20)27(32)36-28(3,4)5/h7-10,15-17,20H,11-14H2,1-6H3. The Morgan fingerprint density at radius 1 is 0.973 bits per heavy atom. The highest BCUT2D eigenvalue weighted by atomic mass is 32.2. The molecule has 2 heterocycles. The molecule has 37 heavy (non-hydrogen) atoms. The number of ether oxygens (including phenoxy) is 2. The van der Waals surface area contributed by atoms with Crippen molar-refractivity contribution in [1.82, 2.24) is 8.87 Å². The van der Waals surface area contributed by atoms with Gasteiger partial charge in [0.15, 0.2) is 0 Å². The number of amides is 1. The third-order valence-electron chi connectivity index (χ3n) is 6.69. The molecule has 198 valence electrons. The minimum absolute atomic E-state index is 0.0469. The van der Waals surface area contributed by atoms with Crippen molar-refractivity contribution >= 4 is 33.0 Å². The number of benzene rings is 2. The highest BCUT2D eigenvalue weighted by Gasteiger charge is 2.31. The fraction of sp³-hybridized carbons (Fsp3) is 0.429. The first kappa shape index (κ1) is 26.7. The van der Waals surface area contributed by atoms with E-state index in [9.17, 15) is 18.0 Å². The van der Waals surface area contributed by atoms with Gasteiger partial charge in [0.05, 0.1) is 17.5 Å². The maximum absolute atomic E-state index is 13.8. The van der Waals surface area contributed by atoms with E-state index in [1.54, 1.807) is 35.2 Å². The third kappa shape index (κ3) is 5.37. The Labute approximate surface area is 218 Å². The van der Waals surface area contributed by atoms with Gasteiger partial charge >= 0.3 is 12.1 Å². The van der Waals surface area contributed by atoms with Crippen LogP contribution in [0.25, 0.3) is 10.9 Å². The largest absolute Gasteiger partial charge is 0.464 e. The fourth-order valence-corrected chi connectivity index (χ4v) is 6.32. The van der Waals surface area contributed by atoms with Crippen molar-refractivity contribution < 1.29 is 27.5 Å². The Balaban J connectivity index is 1.74. The minimum Gasteiger partial charge on any atom is -0.464 e. The molecule has 0 spiro atoms. The van der Waals surface area contributed by atoms with Crippen LogP contribution in [0.4, 0.5) is 4.79 Å². The first-order chi connectivity index (χ1) is 17.3. The second-order valence-corrected chi connectivity index (χ2v) is 12.4. The quantitative estimate of drug-likeness (QED) is 0.423. The normalized spacial score (nSPS) is 15.1. The summed E-state index contributed by atoms with van der Waals surface area (Å²) in [4.78, 5) is 27.0. The van der Waals surface area contributed by atoms with Crippen molar-refractivity contribution in [2.75, 3.05) is 20.2 Å². The van der Waals surface area contributed by atoms with Crippen LogP contribution in [-0.4, -0.2) is 55.2 Å². The number of carbonyl (C=O) groups is 2. The Hall–Kier alpha value is -3.33. The predicted molar refractivity (Wildman–Crippen MR) is 142 cm³/mol. The highest BCUT2D eigenvalue weighted by molar-refractivity contribution is 7.90. The van der Waals surface area contributed by atoms with E-state index in [1.807, 2.05) is 46.8 Å². The number of nitrogens with zero attached hydrogens (tertiary/aromatic N) is 2. The molecule has 9 heteroatoms. The average molecular weight is 527 g/mol. The van der Waals surface area contributed by atoms with Crippen molar-refractivity contribution in [3.05, 3.63) is 64.8 Å². The number of hydrogen-bond donors (Lipinski definition) is 0. The number of carbonyl (C=O) groups excluding carboxylic acids is 2. The summed E-state index contributed by atoms with van der Waals surface area (Å²) in [5, 5.41) is 0.642. The predicted octanol–water partition coefficient (Wildman–Crippen LogP) is 5.40. The van der Waals surface area contributed by atoms with Gasteiger partial charge in [-0.05, 0) is 94.8 Å². The van der Waals surface area contributed by atoms with E-state index < -0.39 is 21.6 Å². The lowest BCUT2D eigenvalue weighted by atomic mass is 9.86. The maximum atomic E-state index is 13.8. The van der Waals surface area contributed by atoms with Crippen LogP contribution >= 0.6 is 0 Å². The van der Waals surface area contributed by atoms with Gasteiger partial charge < -0.3 is 14.4 Å². The smallest absolute Gasteiger partial charge is 0.410 e. The summed E-state index contributed by atoms with van der Waals surface area (Å²) in [6.07, 6.45) is 1.13. The zero-order valence-corrected chi connectivity index (χ0v) is 23.0. The lowest BCUT2D eigenvalue weighted by Crippen LogP contribution is -2.41. The molecular formula is C28H34N2O6S. The first-order valence-electron chi connectivity index (χ1n) is 12.4. The Kier molecular flexibility index (Phi) is 7.12. The Bertz CT molecular complexity index is 1440. The SMILES string of the molecule is COC(=O)c1cc2cc(C)c(C3CCN(C(=O)OC(C)(C)C)CC3)cc2n1S(=O)(=O)c1ccc(C)cc1. The highest BCUT2D eigenvalue weighted by Crippen LogP contribution is 2.35. The van der Waals surface area contributed by atoms with Crippen LogP contribution in [0.1, 0.15) is 66.7 Å². The van der Waals surface area contributed by atoms with Crippen molar-refractivity contribution in [2.45, 2.75) is 63.9 Å². The summed E-state index contributed by atoms with van der Waals surface area (Å²) in [7, 11) is -2.84. The fourth-order valence-electron chi connectivity index (χ4n) is 4.82. The molecule has 3 aromatic rings. The van der Waals surface area contributed by atoms with Gasteiger partial charge in [0, 0.05) is 18.5 Å². The molecule has 4 rings (SSSR count). The van der Waals surface area contributed by atoms with E-state index in [0.717, 1.165) is 33.5 Å². The molecule has 0 saturated carbocycles. The van der Waals surface area contributed by atoms with Crippen LogP contribution in [0.3, 0.4) is 0 Å². The Morgan fingerprint density at radius 3 is 2.16 bits per heavy atom. The summed E-state index contributed by atoms with van der Waals surface area (Å²) >= 11 is 0. The zero-order chi connectivity index (χ0) is 27.1. The van der Waals surface area contributed by atoms with E-state index in [1.165, 1.54) is 7.11 Å². The monoisotopic (exact) mass is 526 g/mol. The molecule has 8 nitrogen and oxygen atoms in total. The first-order valence-corrected chi connectivity index (χ1v) is 13.8. The number of aryl methyl sites for hydroxylation is 2. The zero-order valence-electron chi connectivity index (χ0n) is 22.2. The molecule has 0 N–H and O–H groups in total. The molecule has 1 saturated heterocycles. The lowest BCUT2D eigenvalue weighted by Gasteiger charge is -2.34. The molecule has 1 aliphatic rings. The van der Waals surface area contributed by atoms with Gasteiger partial charge in [0.25, 0.3) is 10.0 Å². The number of piperidine rings is 1. The lowest BCUT2D eigenvalue weighted by molar-refractivity contribution is 0.0204. The molecule has 1 aromatic heterocycles. The Morgan fingerprint density at radius 2 is 1.59 bits per heavy atom. The van der Waals surface area contributed by atoms with Crippen molar-refractivity contribution in [3.8, 4) is 0 Å². The van der Waals surface area contributed by atoms with Gasteiger partial charge in [-0.2, -0.15) is 0 Å². The van der Waals surface area contributed by atoms with E-state index >= 15 is 0 Å². The number of methoxy groups -OCH3 is 1. The molecular weight excluding hydrogens is 492 g/mol. The number of likely N-dealkylation sites (tertiary alicyclic amines) is 1. The van der Waals surface area contributed by atoms with Gasteiger partial charge in [-0.1, -0.05) is 17.7 Å². The van der Waals surface area contributed by atoms with E-state index in [0.29, 0.717) is 24.0 Å². The van der Waals surface area contributed by atoms with Gasteiger partial charge in [0.1, 0.15) is 11.3 Å². The second kappa shape index (κ2) is 9.85. The molecule has 0 radical (unpaired) electrons. The topological polar surface area (TPSA) is 94.9 Å². The van der Waals surface area contributed by atoms with Crippen molar-refractivity contribution in [3.63, 3.8) is 0 Å². The second-order valence-electron chi connectivity index (χ2n) is 10.6. The van der Waals surface area contributed by atoms with Crippen LogP contribution in [0.2, 0.25) is 0 Å². The molecule has 0 bridgehead atoms. The van der Waals surface area contributed by atoms with Crippen LogP contribution in [-0.2, 0) is 19.5 Å². The number of rotatable bonds is 4. The summed E-state index contributed by atoms with van der Waals surface area (Å²) in [5.74, 6) is -0.591. The van der Waals surface area contributed by atoms with Gasteiger partial charge in [-0.15, -0.1) is 0 Å². The molecule has 1 amide bonds. The van der Waals surface area contributed by atoms with Gasteiger partial charge in [-0.3, -0.25) is 0 Å². The van der Waals surface area contributed by atoms with Crippen LogP contribution in [0.15, 0.2) is 47.4 Å². The number of hydrogen-bond acceptors (Lipinski definition) is 6. The van der Waals surface area contributed by atoms with Crippen LogP contribution < -0.4 is 0 Å². The van der Waals surface area contributed by atoms with Gasteiger partial charge in [0.2, 0.25) is 0 Å². The molecule has 0 unspecified atom stereocenters. The summed E-state index contributed by atoms with van der Waals surface area (Å²) in [5.41, 5.74) is 2.77. The molecule has 0 aliphatic carbocycles. The summed E-state index contributed by atoms with van der Waals surface area (Å²) in [6, 6.07) is 11.9. The molecule has 0 atom stereocenters. The van der Waals surface area contributed by atoms with Crippen molar-refractivity contribution in [2.24, 2.45) is 0 Å². The van der Waals surface area contributed by atoms with E-state index in [4.69, 9.17) is 9.47 Å². The van der Waals surface area contributed by atoms with Crippen molar-refractivity contribution in [1.29, 1.82) is 0 Å². The van der Waals surface area contributed by atoms with Crippen LogP contribution in [0.5, 0.6) is 0 Å². The van der Waals surface area contributed by atoms with Crippen LogP contribution in [0, 0.1) is 13.8 Å². The minimum atomic E-state index is -4.08. The number of fused-ring (bicyclic) bond motifs is 1. The summed E-state index contributed by atoms with van der Waals surface area (Å²) < 4.78 is 39.1. The van der Waals surface area contributed by atoms with E-state index in [-0.39, 0.29) is 22.6 Å². The molecule has 1 fully saturated rings. The van der Waals surface area contributed by atoms with Gasteiger partial charge in [-0.25, -0.2) is 22.0 Å². The van der Waals surface area contributed by atoms with E-state index in [2.05, 4.69) is 0 Å². The average Bonchev–Trinajstić information content (AvgIpc) is 3.21. The number of aromatic nitrogens is 1. The number of esters is 1. The summed E-state index contributed by atoms with van der Waals surface area (Å²) in [6.45, 7) is 10.5. The molecule has 1 aliphatic heterocycles. The maximum Gasteiger partial charge on any atom is 0.410 e.